The number of halogens is 1. The molecule has 1 aromatic heterocycles. The quantitative estimate of drug-likeness (QED) is 0.788. The SMILES string of the molecule is Cc1cc(OCc2ccc([C@H]3C(C#N)=C(N)OC4=C3C(=O)CCC4)o2)ccc1Cl. The molecule has 0 amide bonds. The molecule has 0 saturated heterocycles. The van der Waals surface area contributed by atoms with Crippen molar-refractivity contribution in [2.75, 3.05) is 0 Å². The highest BCUT2D eigenvalue weighted by Crippen LogP contribution is 2.43. The van der Waals surface area contributed by atoms with E-state index < -0.39 is 5.92 Å². The smallest absolute Gasteiger partial charge is 0.205 e. The zero-order chi connectivity index (χ0) is 20.5. The Kier molecular flexibility index (Phi) is 5.08. The van der Waals surface area contributed by atoms with Gasteiger partial charge in [-0.2, -0.15) is 5.26 Å². The number of nitrogens with zero attached hydrogens (tertiary/aromatic N) is 1. The fourth-order valence-corrected chi connectivity index (χ4v) is 3.75. The van der Waals surface area contributed by atoms with Gasteiger partial charge in [-0.1, -0.05) is 11.6 Å². The van der Waals surface area contributed by atoms with E-state index in [0.29, 0.717) is 52.9 Å². The molecule has 2 heterocycles. The first-order chi connectivity index (χ1) is 14.0. The Morgan fingerprint density at radius 2 is 2.14 bits per heavy atom. The topological polar surface area (TPSA) is 98.5 Å². The van der Waals surface area contributed by atoms with Gasteiger partial charge in [-0.05, 0) is 49.2 Å². The minimum absolute atomic E-state index is 0.0248. The van der Waals surface area contributed by atoms with Crippen molar-refractivity contribution in [1.82, 2.24) is 0 Å². The summed E-state index contributed by atoms with van der Waals surface area (Å²) >= 11 is 6.04. The van der Waals surface area contributed by atoms with Crippen LogP contribution >= 0.6 is 11.6 Å². The third-order valence-corrected chi connectivity index (χ3v) is 5.51. The third-order valence-electron chi connectivity index (χ3n) is 5.08. The maximum absolute atomic E-state index is 12.6. The van der Waals surface area contributed by atoms with Gasteiger partial charge in [0, 0.05) is 23.4 Å². The summed E-state index contributed by atoms with van der Waals surface area (Å²) in [7, 11) is 0. The van der Waals surface area contributed by atoms with Gasteiger partial charge in [0.2, 0.25) is 5.88 Å². The summed E-state index contributed by atoms with van der Waals surface area (Å²) in [6.07, 6.45) is 1.74. The molecule has 1 atom stereocenters. The lowest BCUT2D eigenvalue weighted by molar-refractivity contribution is -0.116. The van der Waals surface area contributed by atoms with Crippen LogP contribution in [0.2, 0.25) is 5.02 Å². The summed E-state index contributed by atoms with van der Waals surface area (Å²) in [5.41, 5.74) is 7.53. The van der Waals surface area contributed by atoms with E-state index in [0.717, 1.165) is 5.56 Å². The number of hydrogen-bond donors (Lipinski definition) is 1. The normalized spacial score (nSPS) is 18.9. The van der Waals surface area contributed by atoms with Gasteiger partial charge < -0.3 is 19.6 Å². The number of ketones is 1. The van der Waals surface area contributed by atoms with E-state index in [4.69, 9.17) is 31.2 Å². The molecule has 0 bridgehead atoms. The number of Topliss-reactive ketones (excluding diaryl/α,β-unsaturated/α-hetero) is 1. The standard InChI is InChI=1S/C22H19ClN2O4/c1-12-9-13(5-7-16(12)23)27-11-14-6-8-19(28-14)20-15(10-24)22(25)29-18-4-2-3-17(26)21(18)20/h5-9,20H,2-4,11,25H2,1H3/t20-/m1/s1. The molecule has 2 aromatic rings. The van der Waals surface area contributed by atoms with Crippen LogP contribution in [-0.2, 0) is 16.1 Å². The molecule has 1 aromatic carbocycles. The molecular formula is C22H19ClN2O4. The van der Waals surface area contributed by atoms with Crippen LogP contribution in [0.1, 0.15) is 42.3 Å². The molecular weight excluding hydrogens is 392 g/mol. The molecule has 0 fully saturated rings. The average molecular weight is 411 g/mol. The highest BCUT2D eigenvalue weighted by Gasteiger charge is 2.39. The number of allylic oxidation sites excluding steroid dienone is 3. The second-order valence-corrected chi connectivity index (χ2v) is 7.45. The Hall–Kier alpha value is -3.17. The van der Waals surface area contributed by atoms with E-state index in [9.17, 15) is 10.1 Å². The zero-order valence-corrected chi connectivity index (χ0v) is 16.6. The Labute approximate surface area is 173 Å². The van der Waals surface area contributed by atoms with Crippen molar-refractivity contribution >= 4 is 17.4 Å². The van der Waals surface area contributed by atoms with Crippen LogP contribution in [0.4, 0.5) is 0 Å². The highest BCUT2D eigenvalue weighted by atomic mass is 35.5. The predicted octanol–water partition coefficient (Wildman–Crippen LogP) is 4.64. The van der Waals surface area contributed by atoms with Crippen LogP contribution < -0.4 is 10.5 Å². The lowest BCUT2D eigenvalue weighted by Crippen LogP contribution is -2.27. The summed E-state index contributed by atoms with van der Waals surface area (Å²) in [5, 5.41) is 10.3. The van der Waals surface area contributed by atoms with Gasteiger partial charge in [-0.15, -0.1) is 0 Å². The summed E-state index contributed by atoms with van der Waals surface area (Å²) in [5.74, 6) is 1.59. The highest BCUT2D eigenvalue weighted by molar-refractivity contribution is 6.31. The molecule has 2 N–H and O–H groups in total. The number of rotatable bonds is 4. The Balaban J connectivity index is 1.60. The van der Waals surface area contributed by atoms with Crippen LogP contribution in [0.15, 0.2) is 57.5 Å². The lowest BCUT2D eigenvalue weighted by atomic mass is 9.80. The van der Waals surface area contributed by atoms with E-state index >= 15 is 0 Å². The molecule has 0 spiro atoms. The van der Waals surface area contributed by atoms with Crippen molar-refractivity contribution in [3.8, 4) is 11.8 Å². The van der Waals surface area contributed by atoms with Gasteiger partial charge in [0.1, 0.15) is 41.3 Å². The van der Waals surface area contributed by atoms with Crippen LogP contribution in [0.3, 0.4) is 0 Å². The van der Waals surface area contributed by atoms with Crippen molar-refractivity contribution in [2.45, 2.75) is 38.7 Å². The van der Waals surface area contributed by atoms with Gasteiger partial charge in [0.05, 0.1) is 5.92 Å². The van der Waals surface area contributed by atoms with Crippen molar-refractivity contribution in [2.24, 2.45) is 5.73 Å². The summed E-state index contributed by atoms with van der Waals surface area (Å²) in [6.45, 7) is 2.10. The number of nitrogens with two attached hydrogens (primary N) is 1. The molecule has 0 radical (unpaired) electrons. The summed E-state index contributed by atoms with van der Waals surface area (Å²) in [6, 6.07) is 11.0. The molecule has 29 heavy (non-hydrogen) atoms. The molecule has 0 saturated carbocycles. The number of nitriles is 1. The lowest BCUT2D eigenvalue weighted by Gasteiger charge is -2.29. The Morgan fingerprint density at radius 1 is 1.31 bits per heavy atom. The van der Waals surface area contributed by atoms with E-state index in [2.05, 4.69) is 6.07 Å². The Morgan fingerprint density at radius 3 is 2.90 bits per heavy atom. The maximum atomic E-state index is 12.6. The van der Waals surface area contributed by atoms with Crippen LogP contribution in [0, 0.1) is 18.3 Å². The first-order valence-electron chi connectivity index (χ1n) is 9.29. The largest absolute Gasteiger partial charge is 0.486 e. The number of furan rings is 1. The van der Waals surface area contributed by atoms with E-state index in [-0.39, 0.29) is 23.8 Å². The van der Waals surface area contributed by atoms with E-state index in [1.54, 1.807) is 24.3 Å². The number of aryl methyl sites for hydroxylation is 1. The third kappa shape index (κ3) is 3.62. The molecule has 6 nitrogen and oxygen atoms in total. The molecule has 2 aliphatic rings. The minimum atomic E-state index is -0.650. The number of carbonyl (C=O) groups excluding carboxylic acids is 1. The minimum Gasteiger partial charge on any atom is -0.486 e. The number of ether oxygens (including phenoxy) is 2. The number of benzene rings is 1. The van der Waals surface area contributed by atoms with Crippen LogP contribution in [0.5, 0.6) is 5.75 Å². The van der Waals surface area contributed by atoms with Crippen molar-refractivity contribution in [1.29, 1.82) is 5.26 Å². The molecule has 148 valence electrons. The summed E-state index contributed by atoms with van der Waals surface area (Å²) < 4.78 is 17.3. The number of carbonyl (C=O) groups is 1. The predicted molar refractivity (Wildman–Crippen MR) is 106 cm³/mol. The second kappa shape index (κ2) is 7.69. The molecule has 1 aliphatic heterocycles. The van der Waals surface area contributed by atoms with E-state index in [1.165, 1.54) is 0 Å². The first kappa shape index (κ1) is 19.2. The first-order valence-corrected chi connectivity index (χ1v) is 9.67. The molecule has 4 rings (SSSR count). The van der Waals surface area contributed by atoms with Gasteiger partial charge in [0.25, 0.3) is 0 Å². The van der Waals surface area contributed by atoms with Gasteiger partial charge in [0.15, 0.2) is 5.78 Å². The van der Waals surface area contributed by atoms with Crippen LogP contribution in [-0.4, -0.2) is 5.78 Å². The molecule has 0 unspecified atom stereocenters. The van der Waals surface area contributed by atoms with Gasteiger partial charge in [-0.25, -0.2) is 0 Å². The van der Waals surface area contributed by atoms with Crippen molar-refractivity contribution in [3.63, 3.8) is 0 Å². The zero-order valence-electron chi connectivity index (χ0n) is 15.8. The van der Waals surface area contributed by atoms with Crippen molar-refractivity contribution < 1.29 is 18.7 Å². The van der Waals surface area contributed by atoms with Gasteiger partial charge >= 0.3 is 0 Å². The fourth-order valence-electron chi connectivity index (χ4n) is 3.63. The maximum Gasteiger partial charge on any atom is 0.205 e. The second-order valence-electron chi connectivity index (χ2n) is 7.04. The van der Waals surface area contributed by atoms with Crippen molar-refractivity contribution in [3.05, 3.63) is 75.2 Å². The van der Waals surface area contributed by atoms with Crippen LogP contribution in [0.25, 0.3) is 0 Å². The molecule has 1 aliphatic carbocycles. The fraction of sp³-hybridized carbons (Fsp3) is 0.273. The average Bonchev–Trinajstić information content (AvgIpc) is 3.17. The van der Waals surface area contributed by atoms with Gasteiger partial charge in [-0.3, -0.25) is 4.79 Å². The monoisotopic (exact) mass is 410 g/mol. The number of hydrogen-bond acceptors (Lipinski definition) is 6. The van der Waals surface area contributed by atoms with E-state index in [1.807, 2.05) is 13.0 Å². The summed E-state index contributed by atoms with van der Waals surface area (Å²) in [4.78, 5) is 12.6. The Bertz CT molecular complexity index is 1090. The molecule has 7 heteroatoms.